The van der Waals surface area contributed by atoms with Gasteiger partial charge in [0.25, 0.3) is 0 Å². The third-order valence-electron chi connectivity index (χ3n) is 5.71. The van der Waals surface area contributed by atoms with E-state index in [1.807, 2.05) is 36.4 Å². The van der Waals surface area contributed by atoms with Gasteiger partial charge < -0.3 is 19.8 Å². The second kappa shape index (κ2) is 11.1. The average molecular weight is 499 g/mol. The lowest BCUT2D eigenvalue weighted by molar-refractivity contribution is -0.149. The number of hydrogen-bond donors (Lipinski definition) is 2. The highest BCUT2D eigenvalue weighted by molar-refractivity contribution is 6.01. The molecule has 37 heavy (non-hydrogen) atoms. The summed E-state index contributed by atoms with van der Waals surface area (Å²) in [6.45, 7) is 5.22. The van der Waals surface area contributed by atoms with E-state index in [-0.39, 0.29) is 12.2 Å². The number of esters is 1. The van der Waals surface area contributed by atoms with Crippen molar-refractivity contribution in [2.75, 3.05) is 0 Å². The number of ether oxygens (including phenoxy) is 2. The van der Waals surface area contributed by atoms with Gasteiger partial charge in [-0.25, -0.2) is 9.59 Å². The van der Waals surface area contributed by atoms with Crippen molar-refractivity contribution in [3.05, 3.63) is 108 Å². The van der Waals surface area contributed by atoms with Gasteiger partial charge in [0, 0.05) is 34.6 Å². The average Bonchev–Trinajstić information content (AvgIpc) is 3.29. The maximum atomic E-state index is 13.6. The second-order valence-electron chi connectivity index (χ2n) is 9.72. The summed E-state index contributed by atoms with van der Waals surface area (Å²) in [4.78, 5) is 42.8. The summed E-state index contributed by atoms with van der Waals surface area (Å²) in [7, 11) is 0. The van der Waals surface area contributed by atoms with E-state index >= 15 is 0 Å². The second-order valence-corrected chi connectivity index (χ2v) is 9.72. The van der Waals surface area contributed by atoms with Crippen LogP contribution in [-0.2, 0) is 20.7 Å². The molecule has 1 heterocycles. The zero-order valence-electron chi connectivity index (χ0n) is 21.1. The number of carbonyl (C=O) groups excluding carboxylic acids is 3. The van der Waals surface area contributed by atoms with E-state index < -0.39 is 29.8 Å². The summed E-state index contributed by atoms with van der Waals surface area (Å²) in [5.41, 5.74) is 1.92. The fourth-order valence-electron chi connectivity index (χ4n) is 4.02. The van der Waals surface area contributed by atoms with Crippen LogP contribution in [0.15, 0.2) is 91.1 Å². The standard InChI is InChI=1S/C30H30N2O5/c1-30(2,3)37-29(35)32-25(18-22-19-31-24-17-11-10-16-23(22)24)28(34)36-27(21-14-8-5-9-15-21)26(33)20-12-6-4-7-13-20/h4-17,19,25,27,31H,18H2,1-3H3,(H,32,35)/t25-,27?/m1/s1. The molecular formula is C30H30N2O5. The predicted molar refractivity (Wildman–Crippen MR) is 141 cm³/mol. The first-order chi connectivity index (χ1) is 17.7. The quantitative estimate of drug-likeness (QED) is 0.237. The summed E-state index contributed by atoms with van der Waals surface area (Å²) < 4.78 is 11.2. The molecular weight excluding hydrogens is 468 g/mol. The van der Waals surface area contributed by atoms with Crippen molar-refractivity contribution in [3.8, 4) is 0 Å². The van der Waals surface area contributed by atoms with Gasteiger partial charge in [-0.05, 0) is 32.4 Å². The third kappa shape index (κ3) is 6.64. The van der Waals surface area contributed by atoms with E-state index in [2.05, 4.69) is 10.3 Å². The fraction of sp³-hybridized carbons (Fsp3) is 0.233. The van der Waals surface area contributed by atoms with Crippen LogP contribution in [0.25, 0.3) is 10.9 Å². The number of alkyl carbamates (subject to hydrolysis) is 1. The minimum absolute atomic E-state index is 0.142. The van der Waals surface area contributed by atoms with Crippen LogP contribution in [-0.4, -0.2) is 34.5 Å². The highest BCUT2D eigenvalue weighted by atomic mass is 16.6. The summed E-state index contributed by atoms with van der Waals surface area (Å²) in [6.07, 6.45) is 0.0104. The van der Waals surface area contributed by atoms with Gasteiger partial charge in [0.15, 0.2) is 6.10 Å². The molecule has 0 spiro atoms. The number of hydrogen-bond acceptors (Lipinski definition) is 5. The number of aromatic amines is 1. The van der Waals surface area contributed by atoms with Crippen molar-refractivity contribution >= 4 is 28.7 Å². The number of rotatable bonds is 8. The molecule has 0 saturated heterocycles. The Morgan fingerprint density at radius 2 is 1.49 bits per heavy atom. The highest BCUT2D eigenvalue weighted by Crippen LogP contribution is 2.25. The van der Waals surface area contributed by atoms with Crippen LogP contribution in [0.1, 0.15) is 48.4 Å². The number of para-hydroxylation sites is 1. The Labute approximate surface area is 215 Å². The van der Waals surface area contributed by atoms with Crippen molar-refractivity contribution in [1.82, 2.24) is 10.3 Å². The highest BCUT2D eigenvalue weighted by Gasteiger charge is 2.32. The molecule has 1 amide bonds. The van der Waals surface area contributed by atoms with Gasteiger partial charge in [-0.15, -0.1) is 0 Å². The van der Waals surface area contributed by atoms with Crippen LogP contribution in [0.4, 0.5) is 4.79 Å². The Balaban J connectivity index is 1.64. The molecule has 0 fully saturated rings. The van der Waals surface area contributed by atoms with E-state index in [1.54, 1.807) is 75.5 Å². The van der Waals surface area contributed by atoms with Crippen molar-refractivity contribution in [3.63, 3.8) is 0 Å². The van der Waals surface area contributed by atoms with Crippen LogP contribution in [0, 0.1) is 0 Å². The maximum Gasteiger partial charge on any atom is 0.408 e. The third-order valence-corrected chi connectivity index (χ3v) is 5.71. The first-order valence-electron chi connectivity index (χ1n) is 12.1. The van der Waals surface area contributed by atoms with Gasteiger partial charge in [-0.1, -0.05) is 78.9 Å². The number of amides is 1. The number of nitrogens with one attached hydrogen (secondary N) is 2. The molecule has 7 nitrogen and oxygen atoms in total. The van der Waals surface area contributed by atoms with Gasteiger partial charge in [0.2, 0.25) is 5.78 Å². The minimum atomic E-state index is -1.18. The van der Waals surface area contributed by atoms with Crippen LogP contribution in [0.5, 0.6) is 0 Å². The van der Waals surface area contributed by atoms with E-state index in [1.165, 1.54) is 0 Å². The Morgan fingerprint density at radius 1 is 0.865 bits per heavy atom. The number of H-pyrrole nitrogens is 1. The monoisotopic (exact) mass is 498 g/mol. The number of ketones is 1. The first-order valence-corrected chi connectivity index (χ1v) is 12.1. The molecule has 1 aromatic heterocycles. The molecule has 2 atom stereocenters. The van der Waals surface area contributed by atoms with E-state index in [0.717, 1.165) is 16.5 Å². The predicted octanol–water partition coefficient (Wildman–Crippen LogP) is 5.77. The van der Waals surface area contributed by atoms with Crippen molar-refractivity contribution < 1.29 is 23.9 Å². The molecule has 0 bridgehead atoms. The number of fused-ring (bicyclic) bond motifs is 1. The Morgan fingerprint density at radius 3 is 2.16 bits per heavy atom. The molecule has 4 aromatic rings. The van der Waals surface area contributed by atoms with Gasteiger partial charge in [0.05, 0.1) is 0 Å². The van der Waals surface area contributed by atoms with Crippen molar-refractivity contribution in [2.24, 2.45) is 0 Å². The van der Waals surface area contributed by atoms with Crippen LogP contribution < -0.4 is 5.32 Å². The summed E-state index contributed by atoms with van der Waals surface area (Å²) in [5.74, 6) is -1.10. The van der Waals surface area contributed by atoms with Crippen LogP contribution in [0.3, 0.4) is 0 Å². The molecule has 4 rings (SSSR count). The summed E-state index contributed by atoms with van der Waals surface area (Å²) in [6, 6.07) is 24.1. The van der Waals surface area contributed by atoms with Crippen molar-refractivity contribution in [2.45, 2.75) is 44.9 Å². The Bertz CT molecular complexity index is 1370. The molecule has 0 aliphatic heterocycles. The lowest BCUT2D eigenvalue weighted by Gasteiger charge is -2.25. The number of benzene rings is 3. The molecule has 0 aliphatic carbocycles. The minimum Gasteiger partial charge on any atom is -0.447 e. The van der Waals surface area contributed by atoms with Gasteiger partial charge in [-0.2, -0.15) is 0 Å². The molecule has 3 aromatic carbocycles. The smallest absolute Gasteiger partial charge is 0.408 e. The lowest BCUT2D eigenvalue weighted by Crippen LogP contribution is -2.46. The Kier molecular flexibility index (Phi) is 7.72. The topological polar surface area (TPSA) is 97.5 Å². The zero-order chi connectivity index (χ0) is 26.4. The van der Waals surface area contributed by atoms with Crippen LogP contribution in [0.2, 0.25) is 0 Å². The van der Waals surface area contributed by atoms with E-state index in [4.69, 9.17) is 9.47 Å². The van der Waals surface area contributed by atoms with E-state index in [0.29, 0.717) is 11.1 Å². The van der Waals surface area contributed by atoms with E-state index in [9.17, 15) is 14.4 Å². The first kappa shape index (κ1) is 25.7. The molecule has 190 valence electrons. The molecule has 7 heteroatoms. The van der Waals surface area contributed by atoms with Gasteiger partial charge in [-0.3, -0.25) is 4.79 Å². The fourth-order valence-corrected chi connectivity index (χ4v) is 4.02. The summed E-state index contributed by atoms with van der Waals surface area (Å²) in [5, 5.41) is 3.57. The summed E-state index contributed by atoms with van der Waals surface area (Å²) >= 11 is 0. The normalized spacial score (nSPS) is 12.9. The molecule has 0 saturated carbocycles. The maximum absolute atomic E-state index is 13.6. The van der Waals surface area contributed by atoms with Gasteiger partial charge in [0.1, 0.15) is 11.6 Å². The molecule has 0 aliphatic rings. The number of aromatic nitrogens is 1. The van der Waals surface area contributed by atoms with Crippen molar-refractivity contribution in [1.29, 1.82) is 0 Å². The number of Topliss-reactive ketones (excluding diaryl/α,β-unsaturated/α-hetero) is 1. The SMILES string of the molecule is CC(C)(C)OC(=O)N[C@H](Cc1c[nH]c2ccccc12)C(=O)OC(C(=O)c1ccccc1)c1ccccc1. The lowest BCUT2D eigenvalue weighted by atomic mass is 9.99. The molecule has 1 unspecified atom stereocenters. The zero-order valence-corrected chi connectivity index (χ0v) is 21.1. The molecule has 0 radical (unpaired) electrons. The largest absolute Gasteiger partial charge is 0.447 e. The number of carbonyl (C=O) groups is 3. The molecule has 2 N–H and O–H groups in total. The Hall–Kier alpha value is -4.39. The van der Waals surface area contributed by atoms with Gasteiger partial charge >= 0.3 is 12.1 Å². The van der Waals surface area contributed by atoms with Crippen LogP contribution >= 0.6 is 0 Å².